The van der Waals surface area contributed by atoms with Crippen LogP contribution in [0.2, 0.25) is 0 Å². The Kier molecular flexibility index (Phi) is 3.36. The van der Waals surface area contributed by atoms with Crippen LogP contribution >= 0.6 is 15.9 Å². The molecule has 0 fully saturated rings. The summed E-state index contributed by atoms with van der Waals surface area (Å²) in [5.74, 6) is 0. The highest BCUT2D eigenvalue weighted by Crippen LogP contribution is 2.22. The Morgan fingerprint density at radius 1 is 1.10 bits per heavy atom. The first kappa shape index (κ1) is 12.6. The second kappa shape index (κ2) is 5.32. The average Bonchev–Trinajstić information content (AvgIpc) is 2.88. The first-order chi connectivity index (χ1) is 9.76. The summed E-state index contributed by atoms with van der Waals surface area (Å²) in [7, 11) is 0. The second-order valence-corrected chi connectivity index (χ2v) is 5.28. The van der Waals surface area contributed by atoms with Crippen molar-refractivity contribution >= 4 is 39.0 Å². The number of hydrogen-bond donors (Lipinski definition) is 1. The molecule has 0 unspecified atom stereocenters. The van der Waals surface area contributed by atoms with Gasteiger partial charge in [0.25, 0.3) is 0 Å². The van der Waals surface area contributed by atoms with E-state index in [0.717, 1.165) is 26.6 Å². The molecule has 0 bridgehead atoms. The molecule has 3 aromatic rings. The number of nitrogens with one attached hydrogen (secondary N) is 1. The summed E-state index contributed by atoms with van der Waals surface area (Å²) in [6, 6.07) is 15.6. The van der Waals surface area contributed by atoms with Gasteiger partial charge in [0.15, 0.2) is 0 Å². The maximum atomic E-state index is 8.77. The normalized spacial score (nSPS) is 11.0. The van der Waals surface area contributed by atoms with Crippen molar-refractivity contribution in [3.8, 4) is 6.07 Å². The monoisotopic (exact) mass is 323 g/mol. The maximum Gasteiger partial charge on any atom is 0.0991 e. The molecule has 0 aliphatic carbocycles. The zero-order valence-electron chi connectivity index (χ0n) is 10.5. The summed E-state index contributed by atoms with van der Waals surface area (Å²) < 4.78 is 1.03. The van der Waals surface area contributed by atoms with Gasteiger partial charge in [-0.05, 0) is 42.0 Å². The molecule has 1 aromatic heterocycles. The molecule has 4 heteroatoms. The van der Waals surface area contributed by atoms with Gasteiger partial charge in [-0.1, -0.05) is 34.1 Å². The third kappa shape index (κ3) is 2.49. The van der Waals surface area contributed by atoms with Gasteiger partial charge in [0, 0.05) is 9.86 Å². The van der Waals surface area contributed by atoms with E-state index in [0.29, 0.717) is 5.56 Å². The number of aromatic amines is 1. The molecular weight excluding hydrogens is 314 g/mol. The second-order valence-electron chi connectivity index (χ2n) is 4.37. The number of H-pyrrole nitrogens is 1. The highest BCUT2D eigenvalue weighted by atomic mass is 79.9. The lowest BCUT2D eigenvalue weighted by atomic mass is 10.1. The van der Waals surface area contributed by atoms with Crippen molar-refractivity contribution in [1.82, 2.24) is 10.2 Å². The summed E-state index contributed by atoms with van der Waals surface area (Å²) in [6.07, 6.45) is 3.95. The summed E-state index contributed by atoms with van der Waals surface area (Å²) in [6.45, 7) is 0. The molecule has 0 atom stereocenters. The molecule has 1 heterocycles. The van der Waals surface area contributed by atoms with E-state index in [1.807, 2.05) is 42.5 Å². The molecule has 0 saturated heterocycles. The Morgan fingerprint density at radius 2 is 1.90 bits per heavy atom. The Labute approximate surface area is 124 Å². The fourth-order valence-electron chi connectivity index (χ4n) is 1.98. The molecule has 0 radical (unpaired) electrons. The van der Waals surface area contributed by atoms with Crippen LogP contribution < -0.4 is 0 Å². The van der Waals surface area contributed by atoms with Crippen molar-refractivity contribution in [1.29, 1.82) is 5.26 Å². The highest BCUT2D eigenvalue weighted by Gasteiger charge is 2.02. The molecule has 0 amide bonds. The standard InChI is InChI=1S/C16H10BrN3/c17-13-6-8-16-14(9-13)15(19-20-16)7-5-11-1-3-12(10-18)4-2-11/h1-9H,(H,19,20)/b7-5+. The first-order valence-corrected chi connectivity index (χ1v) is 6.87. The average molecular weight is 324 g/mol. The predicted molar refractivity (Wildman–Crippen MR) is 83.9 cm³/mol. The maximum absolute atomic E-state index is 8.77. The van der Waals surface area contributed by atoms with Crippen LogP contribution in [0.5, 0.6) is 0 Å². The Morgan fingerprint density at radius 3 is 2.65 bits per heavy atom. The Balaban J connectivity index is 1.94. The quantitative estimate of drug-likeness (QED) is 0.761. The van der Waals surface area contributed by atoms with Crippen LogP contribution in [0.15, 0.2) is 46.9 Å². The van der Waals surface area contributed by atoms with Crippen molar-refractivity contribution in [2.45, 2.75) is 0 Å². The number of halogens is 1. The molecule has 0 aliphatic rings. The topological polar surface area (TPSA) is 52.5 Å². The van der Waals surface area contributed by atoms with Crippen LogP contribution in [0.3, 0.4) is 0 Å². The fourth-order valence-corrected chi connectivity index (χ4v) is 2.34. The lowest BCUT2D eigenvalue weighted by Gasteiger charge is -1.94. The number of benzene rings is 2. The van der Waals surface area contributed by atoms with Crippen LogP contribution in [0.1, 0.15) is 16.8 Å². The van der Waals surface area contributed by atoms with Gasteiger partial charge in [-0.2, -0.15) is 10.4 Å². The zero-order chi connectivity index (χ0) is 13.9. The molecule has 3 rings (SSSR count). The lowest BCUT2D eigenvalue weighted by Crippen LogP contribution is -1.76. The molecule has 1 N–H and O–H groups in total. The van der Waals surface area contributed by atoms with Gasteiger partial charge in [0.05, 0.1) is 22.8 Å². The number of nitriles is 1. The van der Waals surface area contributed by atoms with Crippen LogP contribution in [0.25, 0.3) is 23.1 Å². The van der Waals surface area contributed by atoms with Gasteiger partial charge in [0.2, 0.25) is 0 Å². The minimum Gasteiger partial charge on any atom is -0.277 e. The first-order valence-electron chi connectivity index (χ1n) is 6.08. The van der Waals surface area contributed by atoms with Gasteiger partial charge in [-0.25, -0.2) is 0 Å². The van der Waals surface area contributed by atoms with Gasteiger partial charge in [-0.15, -0.1) is 0 Å². The van der Waals surface area contributed by atoms with Crippen LogP contribution in [-0.2, 0) is 0 Å². The smallest absolute Gasteiger partial charge is 0.0991 e. The predicted octanol–water partition coefficient (Wildman–Crippen LogP) is 4.37. The zero-order valence-corrected chi connectivity index (χ0v) is 12.1. The third-order valence-corrected chi connectivity index (χ3v) is 3.52. The summed E-state index contributed by atoms with van der Waals surface area (Å²) in [5.41, 5.74) is 3.60. The molecule has 96 valence electrons. The van der Waals surface area contributed by atoms with Crippen LogP contribution in [-0.4, -0.2) is 10.2 Å². The van der Waals surface area contributed by atoms with Gasteiger partial charge >= 0.3 is 0 Å². The minimum atomic E-state index is 0.663. The van der Waals surface area contributed by atoms with E-state index in [2.05, 4.69) is 32.2 Å². The molecule has 0 aliphatic heterocycles. The fraction of sp³-hybridized carbons (Fsp3) is 0. The number of nitrogens with zero attached hydrogens (tertiary/aromatic N) is 2. The molecule has 0 saturated carbocycles. The number of hydrogen-bond acceptors (Lipinski definition) is 2. The molecular formula is C16H10BrN3. The van der Waals surface area contributed by atoms with E-state index in [9.17, 15) is 0 Å². The van der Waals surface area contributed by atoms with Crippen LogP contribution in [0.4, 0.5) is 0 Å². The Hall–Kier alpha value is -2.38. The SMILES string of the molecule is N#Cc1ccc(/C=C/c2n[nH]c3ccc(Br)cc23)cc1. The molecule has 3 nitrogen and oxygen atoms in total. The lowest BCUT2D eigenvalue weighted by molar-refractivity contribution is 1.11. The van der Waals surface area contributed by atoms with Gasteiger partial charge in [0.1, 0.15) is 0 Å². The summed E-state index contributed by atoms with van der Waals surface area (Å²) in [5, 5.41) is 17.1. The molecule has 0 spiro atoms. The largest absolute Gasteiger partial charge is 0.277 e. The van der Waals surface area contributed by atoms with Crippen molar-refractivity contribution in [3.63, 3.8) is 0 Å². The van der Waals surface area contributed by atoms with Crippen molar-refractivity contribution in [3.05, 3.63) is 63.8 Å². The van der Waals surface area contributed by atoms with E-state index in [-0.39, 0.29) is 0 Å². The van der Waals surface area contributed by atoms with Crippen LogP contribution in [0, 0.1) is 11.3 Å². The molecule has 20 heavy (non-hydrogen) atoms. The third-order valence-electron chi connectivity index (χ3n) is 3.03. The summed E-state index contributed by atoms with van der Waals surface area (Å²) >= 11 is 3.47. The molecule has 2 aromatic carbocycles. The van der Waals surface area contributed by atoms with Crippen molar-refractivity contribution < 1.29 is 0 Å². The Bertz CT molecular complexity index is 823. The highest BCUT2D eigenvalue weighted by molar-refractivity contribution is 9.10. The van der Waals surface area contributed by atoms with Gasteiger partial charge in [-0.3, -0.25) is 5.10 Å². The number of fused-ring (bicyclic) bond motifs is 1. The van der Waals surface area contributed by atoms with E-state index in [1.165, 1.54) is 0 Å². The van der Waals surface area contributed by atoms with Crippen molar-refractivity contribution in [2.24, 2.45) is 0 Å². The van der Waals surface area contributed by atoms with Gasteiger partial charge < -0.3 is 0 Å². The summed E-state index contributed by atoms with van der Waals surface area (Å²) in [4.78, 5) is 0. The van der Waals surface area contributed by atoms with E-state index < -0.39 is 0 Å². The van der Waals surface area contributed by atoms with E-state index >= 15 is 0 Å². The number of rotatable bonds is 2. The minimum absolute atomic E-state index is 0.663. The van der Waals surface area contributed by atoms with E-state index in [1.54, 1.807) is 12.1 Å². The van der Waals surface area contributed by atoms with Crippen molar-refractivity contribution in [2.75, 3.05) is 0 Å². The van der Waals surface area contributed by atoms with E-state index in [4.69, 9.17) is 5.26 Å². The number of aromatic nitrogens is 2.